The molecule has 0 radical (unpaired) electrons. The van der Waals surface area contributed by atoms with Crippen molar-refractivity contribution in [2.75, 3.05) is 26.2 Å². The predicted molar refractivity (Wildman–Crippen MR) is 175 cm³/mol. The van der Waals surface area contributed by atoms with Crippen LogP contribution in [0, 0.1) is 27.7 Å². The van der Waals surface area contributed by atoms with Gasteiger partial charge in [-0.15, -0.1) is 0 Å². The van der Waals surface area contributed by atoms with Crippen molar-refractivity contribution in [3.05, 3.63) is 80.4 Å². The average molecular weight is 553 g/mol. The number of benzene rings is 2. The van der Waals surface area contributed by atoms with E-state index < -0.39 is 6.23 Å². The maximum Gasteiger partial charge on any atom is 0.254 e. The molecule has 1 atom stereocenters. The van der Waals surface area contributed by atoms with Crippen LogP contribution in [0.2, 0.25) is 0 Å². The van der Waals surface area contributed by atoms with Crippen LogP contribution in [0.25, 0.3) is 12.2 Å². The van der Waals surface area contributed by atoms with Gasteiger partial charge in [0.15, 0.2) is 6.29 Å². The van der Waals surface area contributed by atoms with Crippen LogP contribution in [0.5, 0.6) is 0 Å². The van der Waals surface area contributed by atoms with Crippen LogP contribution in [-0.2, 0) is 0 Å². The van der Waals surface area contributed by atoms with Gasteiger partial charge in [0.2, 0.25) is 0 Å². The van der Waals surface area contributed by atoms with E-state index in [-0.39, 0.29) is 20.8 Å². The SMILES string of the molecule is C.C.C/C=C/c1c(C)cc(C=O)c(C(=O)N(CC)CC)c1C.C/C=C/c1c(C)ccc(C(O)N(CC)CC)c1C. The van der Waals surface area contributed by atoms with Gasteiger partial charge in [-0.25, -0.2) is 0 Å². The second kappa shape index (κ2) is 19.1. The minimum Gasteiger partial charge on any atom is -0.374 e. The molecule has 2 aromatic rings. The quantitative estimate of drug-likeness (QED) is 0.237. The number of rotatable bonds is 10. The van der Waals surface area contributed by atoms with Crippen LogP contribution in [0.4, 0.5) is 0 Å². The number of carbonyl (C=O) groups is 2. The molecular formula is C35H56N2O3. The fourth-order valence-corrected chi connectivity index (χ4v) is 4.85. The van der Waals surface area contributed by atoms with Crippen molar-refractivity contribution >= 4 is 24.3 Å². The summed E-state index contributed by atoms with van der Waals surface area (Å²) in [6, 6.07) is 5.93. The van der Waals surface area contributed by atoms with Gasteiger partial charge < -0.3 is 10.0 Å². The van der Waals surface area contributed by atoms with Gasteiger partial charge in [0.1, 0.15) is 6.23 Å². The Kier molecular flexibility index (Phi) is 18.7. The number of aryl methyl sites for hydroxylation is 2. The van der Waals surface area contributed by atoms with E-state index >= 15 is 0 Å². The van der Waals surface area contributed by atoms with E-state index in [4.69, 9.17) is 0 Å². The third kappa shape index (κ3) is 9.28. The van der Waals surface area contributed by atoms with Crippen molar-refractivity contribution in [1.29, 1.82) is 0 Å². The molecule has 1 unspecified atom stereocenters. The maximum atomic E-state index is 12.6. The zero-order chi connectivity index (χ0) is 29.0. The van der Waals surface area contributed by atoms with Gasteiger partial charge in [-0.05, 0) is 113 Å². The molecule has 2 aromatic carbocycles. The Morgan fingerprint density at radius 3 is 1.75 bits per heavy atom. The van der Waals surface area contributed by atoms with Crippen LogP contribution in [0.15, 0.2) is 30.4 Å². The number of nitrogens with zero attached hydrogens (tertiary/aromatic N) is 2. The minimum atomic E-state index is -0.510. The third-order valence-electron chi connectivity index (χ3n) is 7.13. The highest BCUT2D eigenvalue weighted by Crippen LogP contribution is 2.27. The van der Waals surface area contributed by atoms with Gasteiger partial charge in [0.25, 0.3) is 5.91 Å². The summed E-state index contributed by atoms with van der Waals surface area (Å²) in [5, 5.41) is 10.4. The first kappa shape index (κ1) is 39.1. The highest BCUT2D eigenvalue weighted by molar-refractivity contribution is 6.03. The monoisotopic (exact) mass is 552 g/mol. The molecule has 5 nitrogen and oxygen atoms in total. The van der Waals surface area contributed by atoms with Crippen molar-refractivity contribution in [3.8, 4) is 0 Å². The number of amides is 1. The van der Waals surface area contributed by atoms with Crippen LogP contribution in [-0.4, -0.2) is 53.3 Å². The average Bonchev–Trinajstić information content (AvgIpc) is 2.90. The Morgan fingerprint density at radius 2 is 1.32 bits per heavy atom. The lowest BCUT2D eigenvalue weighted by Gasteiger charge is -2.27. The van der Waals surface area contributed by atoms with E-state index in [0.29, 0.717) is 24.2 Å². The molecule has 0 saturated heterocycles. The number of aliphatic hydroxyl groups is 1. The molecule has 2 rings (SSSR count). The largest absolute Gasteiger partial charge is 0.374 e. The number of allylic oxidation sites excluding steroid dienone is 2. The summed E-state index contributed by atoms with van der Waals surface area (Å²) in [5.41, 5.74) is 8.58. The molecule has 1 N–H and O–H groups in total. The molecule has 0 bridgehead atoms. The second-order valence-electron chi connectivity index (χ2n) is 9.40. The van der Waals surface area contributed by atoms with E-state index in [0.717, 1.165) is 41.6 Å². The van der Waals surface area contributed by atoms with E-state index in [1.165, 1.54) is 16.7 Å². The molecule has 5 heteroatoms. The molecule has 0 spiro atoms. The van der Waals surface area contributed by atoms with Crippen LogP contribution in [0.3, 0.4) is 0 Å². The molecule has 0 aromatic heterocycles. The third-order valence-corrected chi connectivity index (χ3v) is 7.13. The fourth-order valence-electron chi connectivity index (χ4n) is 4.85. The van der Waals surface area contributed by atoms with Gasteiger partial charge >= 0.3 is 0 Å². The van der Waals surface area contributed by atoms with Gasteiger partial charge in [-0.3, -0.25) is 14.5 Å². The summed E-state index contributed by atoms with van der Waals surface area (Å²) in [7, 11) is 0. The molecule has 0 heterocycles. The Morgan fingerprint density at radius 1 is 0.825 bits per heavy atom. The molecule has 0 fully saturated rings. The van der Waals surface area contributed by atoms with Crippen molar-refractivity contribution in [2.45, 2.75) is 90.3 Å². The predicted octanol–water partition coefficient (Wildman–Crippen LogP) is 8.57. The summed E-state index contributed by atoms with van der Waals surface area (Å²) in [4.78, 5) is 27.7. The normalized spacial score (nSPS) is 11.5. The topological polar surface area (TPSA) is 60.9 Å². The molecule has 0 aliphatic carbocycles. The molecule has 0 aliphatic rings. The van der Waals surface area contributed by atoms with Crippen LogP contribution >= 0.6 is 0 Å². The van der Waals surface area contributed by atoms with E-state index in [2.05, 4.69) is 44.7 Å². The lowest BCUT2D eigenvalue weighted by atomic mass is 9.92. The molecular weight excluding hydrogens is 496 g/mol. The zero-order valence-electron chi connectivity index (χ0n) is 25.2. The number of aliphatic hydroxyl groups excluding tert-OH is 1. The first-order valence-corrected chi connectivity index (χ1v) is 13.7. The van der Waals surface area contributed by atoms with Gasteiger partial charge in [0, 0.05) is 18.7 Å². The van der Waals surface area contributed by atoms with Crippen molar-refractivity contribution in [1.82, 2.24) is 9.80 Å². The molecule has 0 aliphatic heterocycles. The van der Waals surface area contributed by atoms with E-state index in [1.807, 2.05) is 65.8 Å². The Labute approximate surface area is 245 Å². The lowest BCUT2D eigenvalue weighted by molar-refractivity contribution is 0.00853. The van der Waals surface area contributed by atoms with Crippen LogP contribution in [0.1, 0.15) is 122 Å². The minimum absolute atomic E-state index is 0. The van der Waals surface area contributed by atoms with Crippen molar-refractivity contribution in [3.63, 3.8) is 0 Å². The highest BCUT2D eigenvalue weighted by atomic mass is 16.3. The summed E-state index contributed by atoms with van der Waals surface area (Å²) in [6.07, 6.45) is 8.35. The van der Waals surface area contributed by atoms with Crippen LogP contribution < -0.4 is 0 Å². The first-order chi connectivity index (χ1) is 18.1. The summed E-state index contributed by atoms with van der Waals surface area (Å²) in [5.74, 6) is -0.0691. The summed E-state index contributed by atoms with van der Waals surface area (Å²) in [6.45, 7) is 23.0. The Balaban J connectivity index is 0. The Bertz CT molecular complexity index is 1140. The highest BCUT2D eigenvalue weighted by Gasteiger charge is 2.21. The van der Waals surface area contributed by atoms with Gasteiger partial charge in [-0.2, -0.15) is 0 Å². The lowest BCUT2D eigenvalue weighted by Crippen LogP contribution is -2.32. The van der Waals surface area contributed by atoms with E-state index in [9.17, 15) is 14.7 Å². The standard InChI is InChI=1S/C17H23NO2.C16H25NO.2CH4/c1-6-9-15-12(4)10-14(11-19)16(13(15)5)17(20)18(7-2)8-3;1-6-9-14-12(4)10-11-15(13(14)5)16(18)17(7-2)8-3;;/h6,9-11H,7-8H2,1-5H3;6,9-11,16,18H,7-8H2,1-5H3;2*1H4/b2*9-6+;;. The van der Waals surface area contributed by atoms with Gasteiger partial charge in [0.05, 0.1) is 5.56 Å². The molecule has 1 amide bonds. The summed E-state index contributed by atoms with van der Waals surface area (Å²) >= 11 is 0. The van der Waals surface area contributed by atoms with Crippen molar-refractivity contribution < 1.29 is 14.7 Å². The maximum absolute atomic E-state index is 12.6. The van der Waals surface area contributed by atoms with Gasteiger partial charge in [-0.1, -0.05) is 65.1 Å². The number of aldehydes is 1. The smallest absolute Gasteiger partial charge is 0.254 e. The zero-order valence-corrected chi connectivity index (χ0v) is 25.2. The number of carbonyl (C=O) groups excluding carboxylic acids is 2. The number of hydrogen-bond donors (Lipinski definition) is 1. The molecule has 0 saturated carbocycles. The number of hydrogen-bond acceptors (Lipinski definition) is 4. The first-order valence-electron chi connectivity index (χ1n) is 13.7. The molecule has 224 valence electrons. The second-order valence-corrected chi connectivity index (χ2v) is 9.40. The molecule has 40 heavy (non-hydrogen) atoms. The fraction of sp³-hybridized carbons (Fsp3) is 0.486. The van der Waals surface area contributed by atoms with Crippen molar-refractivity contribution in [2.24, 2.45) is 0 Å². The summed E-state index contributed by atoms with van der Waals surface area (Å²) < 4.78 is 0. The van der Waals surface area contributed by atoms with E-state index in [1.54, 1.807) is 11.0 Å². The Hall–Kier alpha value is -3.02.